The fourth-order valence-corrected chi connectivity index (χ4v) is 1.81. The number of ether oxygens (including phenoxy) is 1. The van der Waals surface area contributed by atoms with Gasteiger partial charge in [-0.3, -0.25) is 0 Å². The Morgan fingerprint density at radius 3 is 2.60 bits per heavy atom. The molecule has 0 heterocycles. The zero-order chi connectivity index (χ0) is 15.3. The fraction of sp³-hybridized carbons (Fsp3) is 0.462. The van der Waals surface area contributed by atoms with E-state index in [1.54, 1.807) is 0 Å². The molecule has 0 saturated carbocycles. The van der Waals surface area contributed by atoms with Crippen LogP contribution in [0.5, 0.6) is 5.75 Å². The predicted octanol–water partition coefficient (Wildman–Crippen LogP) is 4.38. The molecule has 0 amide bonds. The van der Waals surface area contributed by atoms with Crippen molar-refractivity contribution < 1.29 is 27.8 Å². The molecule has 0 fully saturated rings. The molecular weight excluding hydrogens is 297 g/mol. The van der Waals surface area contributed by atoms with Crippen LogP contribution in [0.15, 0.2) is 18.2 Å². The first-order valence-corrected chi connectivity index (χ1v) is 6.39. The van der Waals surface area contributed by atoms with Crippen LogP contribution in [0.1, 0.15) is 31.7 Å². The van der Waals surface area contributed by atoms with Gasteiger partial charge in [0.05, 0.1) is 10.6 Å². The molecule has 1 N–H and O–H groups in total. The number of rotatable bonds is 6. The van der Waals surface area contributed by atoms with Crippen LogP contribution in [-0.4, -0.2) is 17.2 Å². The Balaban J connectivity index is 2.94. The molecule has 1 atom stereocenters. The molecule has 7 heteroatoms. The maximum absolute atomic E-state index is 12.7. The summed E-state index contributed by atoms with van der Waals surface area (Å²) in [6, 6.07) is 2.97. The second-order valence-electron chi connectivity index (χ2n) is 4.23. The second kappa shape index (κ2) is 6.83. The molecule has 0 aromatic heterocycles. The number of unbranched alkanes of at least 4 members (excludes halogenated alkanes) is 1. The first-order valence-electron chi connectivity index (χ1n) is 6.02. The molecule has 0 saturated heterocycles. The molecule has 0 radical (unpaired) electrons. The van der Waals surface area contributed by atoms with Crippen LogP contribution in [0, 0.1) is 0 Å². The van der Waals surface area contributed by atoms with Crippen molar-refractivity contribution in [3.63, 3.8) is 0 Å². The maximum atomic E-state index is 12.7. The number of benzene rings is 1. The summed E-state index contributed by atoms with van der Waals surface area (Å²) >= 11 is 5.47. The van der Waals surface area contributed by atoms with E-state index in [1.165, 1.54) is 6.07 Å². The van der Waals surface area contributed by atoms with Crippen molar-refractivity contribution in [2.24, 2.45) is 0 Å². The van der Waals surface area contributed by atoms with E-state index < -0.39 is 28.8 Å². The molecule has 0 spiro atoms. The van der Waals surface area contributed by atoms with Gasteiger partial charge in [-0.2, -0.15) is 13.2 Å². The van der Waals surface area contributed by atoms with Crippen molar-refractivity contribution in [3.8, 4) is 5.75 Å². The van der Waals surface area contributed by atoms with Crippen molar-refractivity contribution in [2.45, 2.75) is 38.5 Å². The Morgan fingerprint density at radius 1 is 1.45 bits per heavy atom. The molecular formula is C13H14ClF3O3. The Morgan fingerprint density at radius 2 is 2.10 bits per heavy atom. The van der Waals surface area contributed by atoms with E-state index in [0.717, 1.165) is 12.5 Å². The van der Waals surface area contributed by atoms with Crippen molar-refractivity contribution in [1.29, 1.82) is 0 Å². The molecule has 0 aliphatic rings. The molecule has 3 nitrogen and oxygen atoms in total. The minimum atomic E-state index is -4.61. The fourth-order valence-electron chi connectivity index (χ4n) is 1.58. The highest BCUT2D eigenvalue weighted by Crippen LogP contribution is 2.37. The number of aliphatic carboxylic acids is 1. The van der Waals surface area contributed by atoms with Gasteiger partial charge in [0, 0.05) is 0 Å². The van der Waals surface area contributed by atoms with E-state index in [4.69, 9.17) is 21.4 Å². The summed E-state index contributed by atoms with van der Waals surface area (Å²) in [4.78, 5) is 11.0. The van der Waals surface area contributed by atoms with Gasteiger partial charge in [-0.05, 0) is 31.0 Å². The third-order valence-electron chi connectivity index (χ3n) is 2.62. The molecule has 0 bridgehead atoms. The van der Waals surface area contributed by atoms with Crippen LogP contribution in [0.25, 0.3) is 0 Å². The van der Waals surface area contributed by atoms with E-state index in [9.17, 15) is 18.0 Å². The van der Waals surface area contributed by atoms with Gasteiger partial charge >= 0.3 is 12.1 Å². The summed E-state index contributed by atoms with van der Waals surface area (Å²) in [6.07, 6.45) is -4.18. The zero-order valence-corrected chi connectivity index (χ0v) is 11.5. The molecule has 1 aromatic rings. The summed E-state index contributed by atoms with van der Waals surface area (Å²) < 4.78 is 43.1. The lowest BCUT2D eigenvalue weighted by Gasteiger charge is -2.16. The van der Waals surface area contributed by atoms with Gasteiger partial charge in [0.25, 0.3) is 0 Å². The number of carbonyl (C=O) groups is 1. The lowest BCUT2D eigenvalue weighted by atomic mass is 10.1. The molecule has 1 rings (SSSR count). The van der Waals surface area contributed by atoms with Crippen LogP contribution >= 0.6 is 11.6 Å². The van der Waals surface area contributed by atoms with E-state index in [1.807, 2.05) is 6.92 Å². The Kier molecular flexibility index (Phi) is 5.68. The van der Waals surface area contributed by atoms with Gasteiger partial charge in [-0.25, -0.2) is 4.79 Å². The van der Waals surface area contributed by atoms with Crippen LogP contribution in [-0.2, 0) is 11.0 Å². The van der Waals surface area contributed by atoms with Crippen LogP contribution in [0.3, 0.4) is 0 Å². The normalized spacial score (nSPS) is 13.1. The predicted molar refractivity (Wildman–Crippen MR) is 68.0 cm³/mol. The van der Waals surface area contributed by atoms with Gasteiger partial charge in [-0.1, -0.05) is 24.9 Å². The molecule has 0 unspecified atom stereocenters. The molecule has 0 aliphatic heterocycles. The molecule has 20 heavy (non-hydrogen) atoms. The summed E-state index contributed by atoms with van der Waals surface area (Å²) in [7, 11) is 0. The van der Waals surface area contributed by atoms with Crippen LogP contribution < -0.4 is 4.74 Å². The highest BCUT2D eigenvalue weighted by Gasteiger charge is 2.34. The topological polar surface area (TPSA) is 46.5 Å². The van der Waals surface area contributed by atoms with Crippen molar-refractivity contribution in [2.75, 3.05) is 0 Å². The van der Waals surface area contributed by atoms with Crippen molar-refractivity contribution >= 4 is 17.6 Å². The number of hydrogen-bond acceptors (Lipinski definition) is 2. The van der Waals surface area contributed by atoms with E-state index in [-0.39, 0.29) is 12.2 Å². The molecule has 0 aliphatic carbocycles. The van der Waals surface area contributed by atoms with E-state index >= 15 is 0 Å². The lowest BCUT2D eigenvalue weighted by molar-refractivity contribution is -0.145. The van der Waals surface area contributed by atoms with Crippen molar-refractivity contribution in [3.05, 3.63) is 28.8 Å². The first-order chi connectivity index (χ1) is 9.25. The number of alkyl halides is 3. The Hall–Kier alpha value is -1.43. The number of carboxylic acids is 1. The smallest absolute Gasteiger partial charge is 0.417 e. The van der Waals surface area contributed by atoms with Gasteiger partial charge in [0.1, 0.15) is 5.75 Å². The Bertz CT molecular complexity index is 474. The summed E-state index contributed by atoms with van der Waals surface area (Å²) in [6.45, 7) is 1.88. The summed E-state index contributed by atoms with van der Waals surface area (Å²) in [5, 5.41) is 8.52. The van der Waals surface area contributed by atoms with Gasteiger partial charge < -0.3 is 9.84 Å². The van der Waals surface area contributed by atoms with Gasteiger partial charge in [0.2, 0.25) is 0 Å². The average molecular weight is 311 g/mol. The monoisotopic (exact) mass is 310 g/mol. The highest BCUT2D eigenvalue weighted by atomic mass is 35.5. The highest BCUT2D eigenvalue weighted by molar-refractivity contribution is 6.31. The molecule has 1 aromatic carbocycles. The lowest BCUT2D eigenvalue weighted by Crippen LogP contribution is -2.27. The number of carboxylic acid groups (broad SMARTS) is 1. The van der Waals surface area contributed by atoms with Crippen molar-refractivity contribution in [1.82, 2.24) is 0 Å². The zero-order valence-electron chi connectivity index (χ0n) is 10.7. The van der Waals surface area contributed by atoms with Crippen LogP contribution in [0.2, 0.25) is 5.02 Å². The van der Waals surface area contributed by atoms with Gasteiger partial charge in [0.15, 0.2) is 6.10 Å². The minimum Gasteiger partial charge on any atom is -0.479 e. The largest absolute Gasteiger partial charge is 0.479 e. The van der Waals surface area contributed by atoms with E-state index in [2.05, 4.69) is 0 Å². The number of halogens is 4. The van der Waals surface area contributed by atoms with Gasteiger partial charge in [-0.15, -0.1) is 0 Å². The standard InChI is InChI=1S/C13H14ClF3O3/c1-2-3-4-11(12(18)19)20-8-5-6-10(14)9(7-8)13(15,16)17/h5-7,11H,2-4H2,1H3,(H,18,19)/t11-/m1/s1. The third-order valence-corrected chi connectivity index (χ3v) is 2.95. The van der Waals surface area contributed by atoms with Crippen LogP contribution in [0.4, 0.5) is 13.2 Å². The molecule has 112 valence electrons. The minimum absolute atomic E-state index is 0.162. The Labute approximate surface area is 119 Å². The second-order valence-corrected chi connectivity index (χ2v) is 4.63. The quantitative estimate of drug-likeness (QED) is 0.848. The third kappa shape index (κ3) is 4.59. The summed E-state index contributed by atoms with van der Waals surface area (Å²) in [5.74, 6) is -1.37. The maximum Gasteiger partial charge on any atom is 0.417 e. The average Bonchev–Trinajstić information content (AvgIpc) is 2.34. The van der Waals surface area contributed by atoms with E-state index in [0.29, 0.717) is 12.5 Å². The SMILES string of the molecule is CCCC[C@@H](Oc1ccc(Cl)c(C(F)(F)F)c1)C(=O)O. The number of hydrogen-bond donors (Lipinski definition) is 1. The first kappa shape index (κ1) is 16.6. The summed E-state index contributed by atoms with van der Waals surface area (Å²) in [5.41, 5.74) is -1.05.